The first-order valence-corrected chi connectivity index (χ1v) is 6.88. The molecule has 2 aliphatic rings. The number of rotatable bonds is 2. The molecule has 1 saturated carbocycles. The van der Waals surface area contributed by atoms with Crippen LogP contribution in [0.15, 0.2) is 0 Å². The van der Waals surface area contributed by atoms with Gasteiger partial charge in [0.15, 0.2) is 0 Å². The van der Waals surface area contributed by atoms with Gasteiger partial charge in [-0.1, -0.05) is 6.42 Å². The highest BCUT2D eigenvalue weighted by Gasteiger charge is 2.34. The van der Waals surface area contributed by atoms with Crippen LogP contribution >= 0.6 is 0 Å². The van der Waals surface area contributed by atoms with Gasteiger partial charge in [0.1, 0.15) is 12.1 Å². The zero-order valence-electron chi connectivity index (χ0n) is 10.6. The minimum absolute atomic E-state index is 0.0115. The largest absolute Gasteiger partial charge is 0.480 e. The molecule has 0 radical (unpaired) electrons. The summed E-state index contributed by atoms with van der Waals surface area (Å²) < 4.78 is 5.43. The van der Waals surface area contributed by atoms with Gasteiger partial charge in [0.2, 0.25) is 0 Å². The first-order valence-electron chi connectivity index (χ1n) is 6.88. The number of piperidine rings is 1. The predicted molar refractivity (Wildman–Crippen MR) is 65.3 cm³/mol. The van der Waals surface area contributed by atoms with Crippen molar-refractivity contribution in [2.75, 3.05) is 6.54 Å². The standard InChI is InChI=1S/C13H21NO4/c15-12(16)11-8-4-5-9-14(11)13(17)18-10-6-2-1-3-7-10/h10-11H,1-9H2,(H,15,16)/t11-/m0/s1. The molecule has 0 bridgehead atoms. The van der Waals surface area contributed by atoms with Crippen molar-refractivity contribution in [1.29, 1.82) is 0 Å². The SMILES string of the molecule is O=C(O)[C@@H]1CCCCN1C(=O)OC1CCCCC1. The number of aliphatic carboxylic acids is 1. The average Bonchev–Trinajstić information content (AvgIpc) is 2.40. The number of hydrogen-bond acceptors (Lipinski definition) is 3. The quantitative estimate of drug-likeness (QED) is 0.822. The van der Waals surface area contributed by atoms with Gasteiger partial charge in [0.05, 0.1) is 0 Å². The van der Waals surface area contributed by atoms with Crippen molar-refractivity contribution in [2.45, 2.75) is 63.5 Å². The number of carbonyl (C=O) groups is 2. The van der Waals surface area contributed by atoms with Crippen molar-refractivity contribution < 1.29 is 19.4 Å². The van der Waals surface area contributed by atoms with Gasteiger partial charge in [-0.15, -0.1) is 0 Å². The Labute approximate surface area is 107 Å². The van der Waals surface area contributed by atoms with E-state index in [4.69, 9.17) is 9.84 Å². The summed E-state index contributed by atoms with van der Waals surface area (Å²) >= 11 is 0. The van der Waals surface area contributed by atoms with E-state index >= 15 is 0 Å². The summed E-state index contributed by atoms with van der Waals surface area (Å²) in [6.45, 7) is 0.503. The van der Waals surface area contributed by atoms with E-state index in [0.717, 1.165) is 38.5 Å². The van der Waals surface area contributed by atoms with Crippen molar-refractivity contribution in [3.8, 4) is 0 Å². The van der Waals surface area contributed by atoms with Gasteiger partial charge in [0, 0.05) is 6.54 Å². The summed E-state index contributed by atoms with van der Waals surface area (Å²) in [5.41, 5.74) is 0. The molecule has 2 rings (SSSR count). The molecule has 5 nitrogen and oxygen atoms in total. The number of carbonyl (C=O) groups excluding carboxylic acids is 1. The van der Waals surface area contributed by atoms with Crippen LogP contribution in [0.3, 0.4) is 0 Å². The van der Waals surface area contributed by atoms with Gasteiger partial charge < -0.3 is 9.84 Å². The lowest BCUT2D eigenvalue weighted by Gasteiger charge is -2.33. The number of ether oxygens (including phenoxy) is 1. The molecular formula is C13H21NO4. The fourth-order valence-electron chi connectivity index (χ4n) is 2.80. The lowest BCUT2D eigenvalue weighted by Crippen LogP contribution is -2.49. The van der Waals surface area contributed by atoms with Crippen LogP contribution in [-0.4, -0.2) is 40.8 Å². The third-order valence-electron chi connectivity index (χ3n) is 3.84. The molecule has 1 heterocycles. The number of carboxylic acid groups (broad SMARTS) is 1. The fourth-order valence-corrected chi connectivity index (χ4v) is 2.80. The third-order valence-corrected chi connectivity index (χ3v) is 3.84. The van der Waals surface area contributed by atoms with Gasteiger partial charge in [-0.2, -0.15) is 0 Å². The van der Waals surface area contributed by atoms with Crippen molar-refractivity contribution in [3.05, 3.63) is 0 Å². The van der Waals surface area contributed by atoms with E-state index in [1.165, 1.54) is 11.3 Å². The molecule has 1 N–H and O–H groups in total. The second-order valence-corrected chi connectivity index (χ2v) is 5.19. The lowest BCUT2D eigenvalue weighted by molar-refractivity contribution is -0.144. The predicted octanol–water partition coefficient (Wildman–Crippen LogP) is 2.39. The monoisotopic (exact) mass is 255 g/mol. The van der Waals surface area contributed by atoms with Crippen LogP contribution in [0.4, 0.5) is 4.79 Å². The second kappa shape index (κ2) is 6.07. The summed E-state index contributed by atoms with van der Waals surface area (Å²) in [6, 6.07) is -0.699. The van der Waals surface area contributed by atoms with Gasteiger partial charge in [-0.3, -0.25) is 4.90 Å². The molecule has 1 atom stereocenters. The highest BCUT2D eigenvalue weighted by Crippen LogP contribution is 2.23. The van der Waals surface area contributed by atoms with Crippen molar-refractivity contribution >= 4 is 12.1 Å². The molecule has 102 valence electrons. The molecule has 0 unspecified atom stereocenters. The van der Waals surface area contributed by atoms with Crippen LogP contribution in [0.1, 0.15) is 51.4 Å². The minimum Gasteiger partial charge on any atom is -0.480 e. The molecular weight excluding hydrogens is 234 g/mol. The number of amides is 1. The molecule has 0 aromatic heterocycles. The maximum Gasteiger partial charge on any atom is 0.410 e. The average molecular weight is 255 g/mol. The summed E-state index contributed by atoms with van der Waals surface area (Å²) in [5.74, 6) is -0.921. The van der Waals surface area contributed by atoms with Gasteiger partial charge in [-0.05, 0) is 44.9 Å². The highest BCUT2D eigenvalue weighted by molar-refractivity contribution is 5.80. The fraction of sp³-hybridized carbons (Fsp3) is 0.846. The summed E-state index contributed by atoms with van der Waals surface area (Å²) in [6.07, 6.45) is 7.05. The van der Waals surface area contributed by atoms with Crippen molar-refractivity contribution in [3.63, 3.8) is 0 Å². The van der Waals surface area contributed by atoms with Gasteiger partial charge >= 0.3 is 12.1 Å². The van der Waals surface area contributed by atoms with E-state index in [1.807, 2.05) is 0 Å². The Hall–Kier alpha value is -1.26. The van der Waals surface area contributed by atoms with E-state index in [1.54, 1.807) is 0 Å². The minimum atomic E-state index is -0.921. The first kappa shape index (κ1) is 13.2. The maximum absolute atomic E-state index is 12.0. The topological polar surface area (TPSA) is 66.8 Å². The van der Waals surface area contributed by atoms with Crippen molar-refractivity contribution in [1.82, 2.24) is 4.90 Å². The Balaban J connectivity index is 1.91. The molecule has 1 saturated heterocycles. The molecule has 1 aliphatic heterocycles. The Bertz CT molecular complexity index is 312. The molecule has 0 aromatic rings. The molecule has 5 heteroatoms. The van der Waals surface area contributed by atoms with Crippen LogP contribution in [-0.2, 0) is 9.53 Å². The van der Waals surface area contributed by atoms with Crippen LogP contribution in [0, 0.1) is 0 Å². The Morgan fingerprint density at radius 1 is 1.00 bits per heavy atom. The molecule has 18 heavy (non-hydrogen) atoms. The molecule has 2 fully saturated rings. The van der Waals surface area contributed by atoms with Crippen LogP contribution in [0.5, 0.6) is 0 Å². The molecule has 1 aliphatic carbocycles. The van der Waals surface area contributed by atoms with Gasteiger partial charge in [-0.25, -0.2) is 9.59 Å². The van der Waals surface area contributed by atoms with Crippen molar-refractivity contribution in [2.24, 2.45) is 0 Å². The Kier molecular flexibility index (Phi) is 4.44. The number of likely N-dealkylation sites (tertiary alicyclic amines) is 1. The summed E-state index contributed by atoms with van der Waals surface area (Å²) in [4.78, 5) is 24.5. The molecule has 0 aromatic carbocycles. The normalized spacial score (nSPS) is 25.8. The van der Waals surface area contributed by atoms with Crippen LogP contribution in [0.25, 0.3) is 0 Å². The molecule has 1 amide bonds. The Morgan fingerprint density at radius 2 is 1.67 bits per heavy atom. The zero-order chi connectivity index (χ0) is 13.0. The summed E-state index contributed by atoms with van der Waals surface area (Å²) in [7, 11) is 0. The van der Waals surface area contributed by atoms with E-state index in [9.17, 15) is 9.59 Å². The number of carboxylic acids is 1. The molecule has 0 spiro atoms. The summed E-state index contributed by atoms with van der Waals surface area (Å²) in [5, 5.41) is 9.11. The van der Waals surface area contributed by atoms with E-state index in [0.29, 0.717) is 13.0 Å². The third kappa shape index (κ3) is 3.15. The lowest BCUT2D eigenvalue weighted by atomic mass is 9.98. The zero-order valence-corrected chi connectivity index (χ0v) is 10.6. The number of hydrogen-bond donors (Lipinski definition) is 1. The number of nitrogens with zero attached hydrogens (tertiary/aromatic N) is 1. The van der Waals surface area contributed by atoms with E-state index < -0.39 is 18.1 Å². The van der Waals surface area contributed by atoms with E-state index in [2.05, 4.69) is 0 Å². The maximum atomic E-state index is 12.0. The van der Waals surface area contributed by atoms with Crippen LogP contribution in [0.2, 0.25) is 0 Å². The van der Waals surface area contributed by atoms with Gasteiger partial charge in [0.25, 0.3) is 0 Å². The van der Waals surface area contributed by atoms with Crippen LogP contribution < -0.4 is 0 Å². The van der Waals surface area contributed by atoms with E-state index in [-0.39, 0.29) is 6.10 Å². The smallest absolute Gasteiger partial charge is 0.410 e. The Morgan fingerprint density at radius 3 is 2.33 bits per heavy atom. The highest BCUT2D eigenvalue weighted by atomic mass is 16.6. The first-order chi connectivity index (χ1) is 8.68. The second-order valence-electron chi connectivity index (χ2n) is 5.19.